The Labute approximate surface area is 158 Å². The number of anilines is 1. The average Bonchev–Trinajstić information content (AvgIpc) is 3.31. The molecule has 2 heterocycles. The summed E-state index contributed by atoms with van der Waals surface area (Å²) in [7, 11) is 1.72. The smallest absolute Gasteiger partial charge is 0.231 e. The molecule has 1 atom stereocenters. The maximum absolute atomic E-state index is 12.3. The van der Waals surface area contributed by atoms with Gasteiger partial charge in [-0.25, -0.2) is 0 Å². The zero-order chi connectivity index (χ0) is 18.6. The van der Waals surface area contributed by atoms with Gasteiger partial charge in [-0.2, -0.15) is 0 Å². The maximum atomic E-state index is 12.3. The number of para-hydroxylation sites is 1. The molecular weight excluding hydrogens is 344 g/mol. The fraction of sp³-hybridized carbons (Fsp3) is 0.300. The number of hydrogen-bond donors (Lipinski definition) is 2. The highest BCUT2D eigenvalue weighted by atomic mass is 16.7. The van der Waals surface area contributed by atoms with Gasteiger partial charge in [0.2, 0.25) is 12.7 Å². The van der Waals surface area contributed by atoms with Gasteiger partial charge in [0.1, 0.15) is 0 Å². The summed E-state index contributed by atoms with van der Waals surface area (Å²) < 4.78 is 10.7. The zero-order valence-corrected chi connectivity index (χ0v) is 15.1. The molecule has 1 unspecified atom stereocenters. The molecule has 2 aliphatic heterocycles. The van der Waals surface area contributed by atoms with Crippen LogP contribution in [0.3, 0.4) is 0 Å². The third-order valence-electron chi connectivity index (χ3n) is 4.65. The van der Waals surface area contributed by atoms with Gasteiger partial charge in [-0.15, -0.1) is 0 Å². The first kappa shape index (κ1) is 17.2. The van der Waals surface area contributed by atoms with E-state index < -0.39 is 0 Å². The number of amides is 1. The second-order valence-electron chi connectivity index (χ2n) is 6.50. The van der Waals surface area contributed by atoms with E-state index in [1.807, 2.05) is 53.4 Å². The van der Waals surface area contributed by atoms with Crippen molar-refractivity contribution in [2.75, 3.05) is 25.3 Å². The van der Waals surface area contributed by atoms with Crippen molar-refractivity contribution in [3.05, 3.63) is 54.1 Å². The summed E-state index contributed by atoms with van der Waals surface area (Å²) in [6.07, 6.45) is 0.444. The van der Waals surface area contributed by atoms with Gasteiger partial charge in [0, 0.05) is 32.2 Å². The number of carbonyl (C=O) groups is 1. The molecule has 0 aromatic heterocycles. The number of rotatable bonds is 4. The molecule has 1 fully saturated rings. The van der Waals surface area contributed by atoms with Crippen molar-refractivity contribution in [2.45, 2.75) is 19.0 Å². The summed E-state index contributed by atoms with van der Waals surface area (Å²) in [5.41, 5.74) is 1.99. The molecule has 2 aromatic carbocycles. The zero-order valence-electron chi connectivity index (χ0n) is 15.1. The number of benzene rings is 2. The summed E-state index contributed by atoms with van der Waals surface area (Å²) in [6, 6.07) is 15.6. The molecule has 7 heteroatoms. The highest BCUT2D eigenvalue weighted by Crippen LogP contribution is 2.32. The Balaban J connectivity index is 1.34. The van der Waals surface area contributed by atoms with Gasteiger partial charge in [0.05, 0.1) is 6.04 Å². The van der Waals surface area contributed by atoms with Crippen LogP contribution in [0, 0.1) is 0 Å². The number of aliphatic imine (C=N–C) groups is 1. The number of nitrogens with one attached hydrogen (secondary N) is 2. The van der Waals surface area contributed by atoms with Crippen molar-refractivity contribution < 1.29 is 14.3 Å². The van der Waals surface area contributed by atoms with E-state index in [1.165, 1.54) is 0 Å². The molecule has 2 N–H and O–H groups in total. The summed E-state index contributed by atoms with van der Waals surface area (Å²) in [5, 5.41) is 6.62. The fourth-order valence-electron chi connectivity index (χ4n) is 3.29. The Morgan fingerprint density at radius 2 is 2.00 bits per heavy atom. The number of carbonyl (C=O) groups excluding carboxylic acids is 1. The van der Waals surface area contributed by atoms with E-state index in [-0.39, 0.29) is 18.7 Å². The maximum Gasteiger partial charge on any atom is 0.231 e. The minimum Gasteiger partial charge on any atom is -0.454 e. The van der Waals surface area contributed by atoms with Crippen molar-refractivity contribution in [3.63, 3.8) is 0 Å². The molecule has 1 amide bonds. The van der Waals surface area contributed by atoms with Crippen molar-refractivity contribution in [3.8, 4) is 11.5 Å². The molecule has 4 rings (SSSR count). The van der Waals surface area contributed by atoms with Crippen molar-refractivity contribution >= 4 is 17.6 Å². The van der Waals surface area contributed by atoms with Gasteiger partial charge >= 0.3 is 0 Å². The molecule has 1 saturated heterocycles. The quantitative estimate of drug-likeness (QED) is 0.638. The average molecular weight is 366 g/mol. The SMILES string of the molecule is CN=C(NCc1ccc2c(c1)OCO2)NC1CC(=O)N(c2ccccc2)C1. The third kappa shape index (κ3) is 3.81. The van der Waals surface area contributed by atoms with Gasteiger partial charge in [-0.3, -0.25) is 9.79 Å². The van der Waals surface area contributed by atoms with Gasteiger partial charge < -0.3 is 25.0 Å². The van der Waals surface area contributed by atoms with E-state index in [0.29, 0.717) is 25.5 Å². The van der Waals surface area contributed by atoms with Crippen LogP contribution in [-0.2, 0) is 11.3 Å². The Hall–Kier alpha value is -3.22. The number of nitrogens with zero attached hydrogens (tertiary/aromatic N) is 2. The molecule has 2 aliphatic rings. The molecular formula is C20H22N4O3. The van der Waals surface area contributed by atoms with E-state index >= 15 is 0 Å². The highest BCUT2D eigenvalue weighted by molar-refractivity contribution is 5.97. The Kier molecular flexibility index (Phi) is 4.82. The van der Waals surface area contributed by atoms with E-state index in [2.05, 4.69) is 15.6 Å². The Morgan fingerprint density at radius 1 is 1.19 bits per heavy atom. The lowest BCUT2D eigenvalue weighted by atomic mass is 10.2. The minimum atomic E-state index is 0.0145. The van der Waals surface area contributed by atoms with Gasteiger partial charge in [-0.1, -0.05) is 24.3 Å². The molecule has 0 aliphatic carbocycles. The van der Waals surface area contributed by atoms with Crippen LogP contribution in [0.1, 0.15) is 12.0 Å². The largest absolute Gasteiger partial charge is 0.454 e. The van der Waals surface area contributed by atoms with E-state index in [0.717, 1.165) is 22.7 Å². The first-order valence-corrected chi connectivity index (χ1v) is 8.94. The van der Waals surface area contributed by atoms with Crippen molar-refractivity contribution in [1.29, 1.82) is 0 Å². The Bertz CT molecular complexity index is 854. The second kappa shape index (κ2) is 7.57. The summed E-state index contributed by atoms with van der Waals surface area (Å²) >= 11 is 0. The lowest BCUT2D eigenvalue weighted by Gasteiger charge is -2.19. The van der Waals surface area contributed by atoms with Crippen LogP contribution in [0.15, 0.2) is 53.5 Å². The lowest BCUT2D eigenvalue weighted by molar-refractivity contribution is -0.117. The van der Waals surface area contributed by atoms with E-state index in [4.69, 9.17) is 9.47 Å². The summed E-state index contributed by atoms with van der Waals surface area (Å²) in [5.74, 6) is 2.31. The molecule has 0 bridgehead atoms. The third-order valence-corrected chi connectivity index (χ3v) is 4.65. The molecule has 140 valence electrons. The second-order valence-corrected chi connectivity index (χ2v) is 6.50. The van der Waals surface area contributed by atoms with Crippen LogP contribution < -0.4 is 25.0 Å². The first-order chi connectivity index (χ1) is 13.2. The van der Waals surface area contributed by atoms with Crippen LogP contribution in [0.25, 0.3) is 0 Å². The van der Waals surface area contributed by atoms with Crippen LogP contribution in [-0.4, -0.2) is 38.3 Å². The summed E-state index contributed by atoms with van der Waals surface area (Å²) in [6.45, 7) is 1.48. The summed E-state index contributed by atoms with van der Waals surface area (Å²) in [4.78, 5) is 18.4. The number of guanidine groups is 1. The van der Waals surface area contributed by atoms with Crippen LogP contribution in [0.4, 0.5) is 5.69 Å². The molecule has 27 heavy (non-hydrogen) atoms. The molecule has 0 saturated carbocycles. The number of hydrogen-bond acceptors (Lipinski definition) is 4. The van der Waals surface area contributed by atoms with Gasteiger partial charge in [0.15, 0.2) is 17.5 Å². The van der Waals surface area contributed by atoms with Crippen LogP contribution in [0.2, 0.25) is 0 Å². The molecule has 2 aromatic rings. The van der Waals surface area contributed by atoms with Crippen LogP contribution >= 0.6 is 0 Å². The normalized spacial score (nSPS) is 18.7. The van der Waals surface area contributed by atoms with E-state index in [9.17, 15) is 4.79 Å². The van der Waals surface area contributed by atoms with Crippen molar-refractivity contribution in [2.24, 2.45) is 4.99 Å². The molecule has 0 spiro atoms. The van der Waals surface area contributed by atoms with Gasteiger partial charge in [-0.05, 0) is 29.8 Å². The number of ether oxygens (including phenoxy) is 2. The van der Waals surface area contributed by atoms with Gasteiger partial charge in [0.25, 0.3) is 0 Å². The monoisotopic (exact) mass is 366 g/mol. The number of fused-ring (bicyclic) bond motifs is 1. The Morgan fingerprint density at radius 3 is 2.81 bits per heavy atom. The highest BCUT2D eigenvalue weighted by Gasteiger charge is 2.31. The molecule has 7 nitrogen and oxygen atoms in total. The fourth-order valence-corrected chi connectivity index (χ4v) is 3.29. The standard InChI is InChI=1S/C20H22N4O3/c1-21-20(22-11-14-7-8-17-18(9-14)27-13-26-17)23-15-10-19(25)24(12-15)16-5-3-2-4-6-16/h2-9,15H,10-13H2,1H3,(H2,21,22,23). The topological polar surface area (TPSA) is 75.2 Å². The van der Waals surface area contributed by atoms with Crippen molar-refractivity contribution in [1.82, 2.24) is 10.6 Å². The molecule has 0 radical (unpaired) electrons. The van der Waals surface area contributed by atoms with Crippen LogP contribution in [0.5, 0.6) is 11.5 Å². The first-order valence-electron chi connectivity index (χ1n) is 8.94. The lowest BCUT2D eigenvalue weighted by Crippen LogP contribution is -2.44. The predicted molar refractivity (Wildman–Crippen MR) is 103 cm³/mol. The minimum absolute atomic E-state index is 0.0145. The predicted octanol–water partition coefficient (Wildman–Crippen LogP) is 1.89. The van der Waals surface area contributed by atoms with E-state index in [1.54, 1.807) is 7.05 Å².